The van der Waals surface area contributed by atoms with Crippen LogP contribution in [-0.2, 0) is 17.4 Å². The Morgan fingerprint density at radius 2 is 1.90 bits per heavy atom. The van der Waals surface area contributed by atoms with Gasteiger partial charge in [-0.05, 0) is 53.8 Å². The Kier molecular flexibility index (Phi) is 5.00. The van der Waals surface area contributed by atoms with E-state index in [0.717, 1.165) is 40.7 Å². The second-order valence-electron chi connectivity index (χ2n) is 8.44. The summed E-state index contributed by atoms with van der Waals surface area (Å²) >= 11 is 0. The van der Waals surface area contributed by atoms with Crippen LogP contribution in [0.3, 0.4) is 0 Å². The van der Waals surface area contributed by atoms with Crippen LogP contribution in [0.15, 0.2) is 48.7 Å². The highest BCUT2D eigenvalue weighted by atomic mass is 19.4. The molecule has 158 valence electrons. The molecule has 1 aliphatic carbocycles. The number of fused-ring (bicyclic) bond motifs is 1. The summed E-state index contributed by atoms with van der Waals surface area (Å²) in [5, 5.41) is 3.94. The molecule has 4 rings (SSSR count). The Labute approximate surface area is 172 Å². The number of H-pyrrole nitrogens is 1. The van der Waals surface area contributed by atoms with E-state index in [1.54, 1.807) is 6.20 Å². The number of ether oxygens (including phenoxy) is 1. The number of hydrogen-bond donors (Lipinski definition) is 2. The number of carbonyl (C=O) groups excluding carboxylic acids is 1. The summed E-state index contributed by atoms with van der Waals surface area (Å²) in [6, 6.07) is 10.6. The summed E-state index contributed by atoms with van der Waals surface area (Å²) in [6.45, 7) is 4.50. The van der Waals surface area contributed by atoms with Crippen LogP contribution in [0.5, 0.6) is 5.75 Å². The van der Waals surface area contributed by atoms with E-state index in [0.29, 0.717) is 18.8 Å². The summed E-state index contributed by atoms with van der Waals surface area (Å²) in [5.74, 6) is 0.477. The molecule has 1 atom stereocenters. The van der Waals surface area contributed by atoms with E-state index in [2.05, 4.69) is 24.1 Å². The summed E-state index contributed by atoms with van der Waals surface area (Å²) in [7, 11) is 0. The third-order valence-corrected chi connectivity index (χ3v) is 5.68. The number of anilines is 1. The van der Waals surface area contributed by atoms with Crippen LogP contribution in [0.2, 0.25) is 0 Å². The average molecular weight is 416 g/mol. The molecule has 1 aromatic heterocycles. The summed E-state index contributed by atoms with van der Waals surface area (Å²) in [5.41, 5.74) is 2.06. The zero-order valence-corrected chi connectivity index (χ0v) is 16.8. The first-order valence-electron chi connectivity index (χ1n) is 9.84. The molecule has 0 aliphatic heterocycles. The number of carbonyl (C=O) groups is 1. The lowest BCUT2D eigenvalue weighted by molar-refractivity contribution is -0.137. The fourth-order valence-corrected chi connectivity index (χ4v) is 3.59. The number of halogens is 3. The van der Waals surface area contributed by atoms with Gasteiger partial charge in [-0.2, -0.15) is 13.2 Å². The molecule has 0 spiro atoms. The van der Waals surface area contributed by atoms with E-state index in [1.807, 2.05) is 18.2 Å². The van der Waals surface area contributed by atoms with Crippen molar-refractivity contribution in [3.63, 3.8) is 0 Å². The van der Waals surface area contributed by atoms with E-state index in [9.17, 15) is 18.0 Å². The van der Waals surface area contributed by atoms with Gasteiger partial charge >= 0.3 is 6.18 Å². The Morgan fingerprint density at radius 3 is 2.53 bits per heavy atom. The van der Waals surface area contributed by atoms with E-state index >= 15 is 0 Å². The highest BCUT2D eigenvalue weighted by molar-refractivity contribution is 6.03. The van der Waals surface area contributed by atoms with Gasteiger partial charge in [-0.25, -0.2) is 0 Å². The van der Waals surface area contributed by atoms with Crippen LogP contribution in [0.25, 0.3) is 10.9 Å². The molecule has 30 heavy (non-hydrogen) atoms. The molecule has 0 bridgehead atoms. The number of hydrogen-bond acceptors (Lipinski definition) is 2. The minimum absolute atomic E-state index is 0.0388. The largest absolute Gasteiger partial charge is 0.493 e. The van der Waals surface area contributed by atoms with Gasteiger partial charge in [0.15, 0.2) is 0 Å². The molecule has 1 aliphatic rings. The zero-order valence-electron chi connectivity index (χ0n) is 16.8. The maximum atomic E-state index is 12.6. The van der Waals surface area contributed by atoms with Crippen molar-refractivity contribution in [2.45, 2.75) is 32.9 Å². The van der Waals surface area contributed by atoms with Gasteiger partial charge in [0.25, 0.3) is 0 Å². The molecule has 2 N–H and O–H groups in total. The van der Waals surface area contributed by atoms with E-state index in [-0.39, 0.29) is 17.2 Å². The predicted octanol–water partition coefficient (Wildman–Crippen LogP) is 5.79. The first kappa shape index (κ1) is 20.3. The van der Waals surface area contributed by atoms with Crippen molar-refractivity contribution in [2.75, 3.05) is 11.9 Å². The van der Waals surface area contributed by atoms with Crippen molar-refractivity contribution < 1.29 is 22.7 Å². The highest BCUT2D eigenvalue weighted by Crippen LogP contribution is 2.52. The van der Waals surface area contributed by atoms with E-state index < -0.39 is 11.7 Å². The molecule has 1 amide bonds. The van der Waals surface area contributed by atoms with Crippen LogP contribution >= 0.6 is 0 Å². The number of alkyl halides is 3. The van der Waals surface area contributed by atoms with Crippen molar-refractivity contribution in [3.05, 3.63) is 59.8 Å². The van der Waals surface area contributed by atoms with Gasteiger partial charge in [0.05, 0.1) is 17.9 Å². The molecule has 1 unspecified atom stereocenters. The Bertz CT molecular complexity index is 1070. The second kappa shape index (κ2) is 7.38. The smallest absolute Gasteiger partial charge is 0.416 e. The first-order valence-corrected chi connectivity index (χ1v) is 9.84. The molecule has 0 radical (unpaired) electrons. The lowest BCUT2D eigenvalue weighted by Crippen LogP contribution is -2.16. The predicted molar refractivity (Wildman–Crippen MR) is 109 cm³/mol. The minimum Gasteiger partial charge on any atom is -0.493 e. The van der Waals surface area contributed by atoms with Crippen molar-refractivity contribution in [2.24, 2.45) is 11.3 Å². The maximum Gasteiger partial charge on any atom is 0.416 e. The van der Waals surface area contributed by atoms with Crippen molar-refractivity contribution in [1.82, 2.24) is 4.98 Å². The number of rotatable bonds is 6. The number of aromatic amines is 1. The van der Waals surface area contributed by atoms with Gasteiger partial charge in [0.1, 0.15) is 5.75 Å². The van der Waals surface area contributed by atoms with Gasteiger partial charge < -0.3 is 15.0 Å². The molecule has 3 aromatic rings. The molecule has 0 saturated heterocycles. The first-order chi connectivity index (χ1) is 14.1. The standard InChI is InChI=1S/C23H23F3N2O2/c1-22(2)12-18(22)21(29)28-20-13-27-19-8-3-14(11-17(19)20)9-10-30-16-6-4-15(5-7-16)23(24,25)26/h3-8,11,13,18,27H,9-10,12H2,1-2H3,(H,28,29). The molecule has 1 saturated carbocycles. The number of amides is 1. The Balaban J connectivity index is 1.38. The van der Waals surface area contributed by atoms with Crippen LogP contribution in [0.4, 0.5) is 18.9 Å². The number of aromatic nitrogens is 1. The average Bonchev–Trinajstić information content (AvgIpc) is 3.16. The van der Waals surface area contributed by atoms with Crippen LogP contribution in [-0.4, -0.2) is 17.5 Å². The summed E-state index contributed by atoms with van der Waals surface area (Å²) in [6.07, 6.45) is -1.08. The maximum absolute atomic E-state index is 12.6. The molecule has 4 nitrogen and oxygen atoms in total. The van der Waals surface area contributed by atoms with E-state index in [1.165, 1.54) is 12.1 Å². The van der Waals surface area contributed by atoms with Crippen molar-refractivity contribution in [3.8, 4) is 5.75 Å². The van der Waals surface area contributed by atoms with Gasteiger partial charge in [-0.1, -0.05) is 19.9 Å². The van der Waals surface area contributed by atoms with Gasteiger partial charge in [-0.15, -0.1) is 0 Å². The molecule has 1 fully saturated rings. The molecule has 2 aromatic carbocycles. The van der Waals surface area contributed by atoms with Crippen LogP contribution in [0, 0.1) is 11.3 Å². The quantitative estimate of drug-likeness (QED) is 0.534. The van der Waals surface area contributed by atoms with E-state index in [4.69, 9.17) is 4.74 Å². The Hall–Kier alpha value is -2.96. The fraction of sp³-hybridized carbons (Fsp3) is 0.348. The highest BCUT2D eigenvalue weighted by Gasteiger charge is 2.50. The molecular formula is C23H23F3N2O2. The van der Waals surface area contributed by atoms with Crippen molar-refractivity contribution in [1.29, 1.82) is 0 Å². The minimum atomic E-state index is -4.35. The topological polar surface area (TPSA) is 54.1 Å². The van der Waals surface area contributed by atoms with Gasteiger partial charge in [-0.3, -0.25) is 4.79 Å². The fourth-order valence-electron chi connectivity index (χ4n) is 3.59. The molecule has 7 heteroatoms. The third-order valence-electron chi connectivity index (χ3n) is 5.68. The lowest BCUT2D eigenvalue weighted by atomic mass is 10.1. The number of nitrogens with one attached hydrogen (secondary N) is 2. The van der Waals surface area contributed by atoms with Crippen LogP contribution < -0.4 is 10.1 Å². The third kappa shape index (κ3) is 4.30. The van der Waals surface area contributed by atoms with Crippen LogP contribution in [0.1, 0.15) is 31.4 Å². The second-order valence-corrected chi connectivity index (χ2v) is 8.44. The zero-order chi connectivity index (χ0) is 21.5. The number of benzene rings is 2. The normalized spacial score (nSPS) is 17.7. The molecular weight excluding hydrogens is 393 g/mol. The van der Waals surface area contributed by atoms with Crippen molar-refractivity contribution >= 4 is 22.5 Å². The molecule has 1 heterocycles. The SMILES string of the molecule is CC1(C)CC1C(=O)Nc1c[nH]c2ccc(CCOc3ccc(C(F)(F)F)cc3)cc12. The summed E-state index contributed by atoms with van der Waals surface area (Å²) < 4.78 is 43.4. The summed E-state index contributed by atoms with van der Waals surface area (Å²) in [4.78, 5) is 15.6. The Morgan fingerprint density at radius 1 is 1.20 bits per heavy atom. The lowest BCUT2D eigenvalue weighted by Gasteiger charge is -2.10. The monoisotopic (exact) mass is 416 g/mol. The van der Waals surface area contributed by atoms with Gasteiger partial charge in [0.2, 0.25) is 5.91 Å². The van der Waals surface area contributed by atoms with Gasteiger partial charge in [0, 0.05) is 29.4 Å².